The van der Waals surface area contributed by atoms with E-state index in [1.807, 2.05) is 6.07 Å². The lowest BCUT2D eigenvalue weighted by atomic mass is 9.75. The number of fused-ring (bicyclic) bond motifs is 2. The maximum atomic E-state index is 13.0. The maximum Gasteiger partial charge on any atom is 0.230 e. The Bertz CT molecular complexity index is 912. The van der Waals surface area contributed by atoms with Crippen molar-refractivity contribution in [3.63, 3.8) is 0 Å². The van der Waals surface area contributed by atoms with E-state index in [1.54, 1.807) is 30.5 Å². The molecule has 1 aromatic carbocycles. The molecule has 4 atom stereocenters. The molecule has 5 nitrogen and oxygen atoms in total. The molecule has 0 radical (unpaired) electrons. The summed E-state index contributed by atoms with van der Waals surface area (Å²) in [4.78, 5) is 17.0. The van der Waals surface area contributed by atoms with Gasteiger partial charge in [0.2, 0.25) is 5.91 Å². The fourth-order valence-corrected chi connectivity index (χ4v) is 4.25. The van der Waals surface area contributed by atoms with Gasteiger partial charge in [0.1, 0.15) is 11.8 Å². The normalized spacial score (nSPS) is 26.5. The van der Waals surface area contributed by atoms with Crippen molar-refractivity contribution < 1.29 is 9.53 Å². The van der Waals surface area contributed by atoms with E-state index in [0.29, 0.717) is 21.4 Å². The molecule has 2 aromatic rings. The molecule has 3 heterocycles. The van der Waals surface area contributed by atoms with E-state index in [-0.39, 0.29) is 30.0 Å². The molecule has 2 bridgehead atoms. The summed E-state index contributed by atoms with van der Waals surface area (Å²) in [6.07, 6.45) is 3.24. The minimum Gasteiger partial charge on any atom is -0.373 e. The second-order valence-electron chi connectivity index (χ2n) is 6.55. The van der Waals surface area contributed by atoms with E-state index in [2.05, 4.69) is 16.4 Å². The molecule has 132 valence electrons. The molecule has 2 fully saturated rings. The van der Waals surface area contributed by atoms with Crippen LogP contribution in [-0.2, 0) is 9.53 Å². The third-order valence-electron chi connectivity index (χ3n) is 5.05. The molecule has 7 heteroatoms. The number of benzene rings is 1. The quantitative estimate of drug-likeness (QED) is 0.857. The standard InChI is InChI=1S/C19H15Cl2N3O2/c20-13-2-1-11(8-14(13)21)24-19(25)18-16-4-3-15(26-16)17(18)10-5-6-23-12(7-10)9-22/h1-2,5-8,15-18H,3-4H2,(H,24,25). The number of halogens is 2. The van der Waals surface area contributed by atoms with Crippen molar-refractivity contribution in [3.05, 3.63) is 57.8 Å². The predicted octanol–water partition coefficient (Wildman–Crippen LogP) is 4.16. The Morgan fingerprint density at radius 3 is 2.77 bits per heavy atom. The van der Waals surface area contributed by atoms with Crippen LogP contribution in [-0.4, -0.2) is 23.1 Å². The van der Waals surface area contributed by atoms with Gasteiger partial charge >= 0.3 is 0 Å². The number of anilines is 1. The monoisotopic (exact) mass is 387 g/mol. The van der Waals surface area contributed by atoms with Crippen molar-refractivity contribution in [1.82, 2.24) is 4.98 Å². The van der Waals surface area contributed by atoms with Gasteiger partial charge in [-0.05, 0) is 48.7 Å². The third kappa shape index (κ3) is 3.05. The Labute approximate surface area is 160 Å². The topological polar surface area (TPSA) is 75.0 Å². The Morgan fingerprint density at radius 1 is 1.19 bits per heavy atom. The summed E-state index contributed by atoms with van der Waals surface area (Å²) in [5, 5.41) is 12.9. The number of pyridine rings is 1. The van der Waals surface area contributed by atoms with Gasteiger partial charge in [-0.1, -0.05) is 23.2 Å². The SMILES string of the molecule is N#Cc1cc(C2C3CCC(O3)C2C(=O)Nc2ccc(Cl)c(Cl)c2)ccn1. The van der Waals surface area contributed by atoms with Gasteiger partial charge in [-0.2, -0.15) is 5.26 Å². The fourth-order valence-electron chi connectivity index (χ4n) is 3.95. The fraction of sp³-hybridized carbons (Fsp3) is 0.316. The molecule has 1 aromatic heterocycles. The highest BCUT2D eigenvalue weighted by Gasteiger charge is 2.52. The highest BCUT2D eigenvalue weighted by molar-refractivity contribution is 6.42. The van der Waals surface area contributed by atoms with E-state index in [0.717, 1.165) is 18.4 Å². The number of carbonyl (C=O) groups excluding carboxylic acids is 1. The van der Waals surface area contributed by atoms with Crippen molar-refractivity contribution in [2.24, 2.45) is 5.92 Å². The van der Waals surface area contributed by atoms with Crippen LogP contribution in [0.5, 0.6) is 0 Å². The summed E-state index contributed by atoms with van der Waals surface area (Å²) in [6, 6.07) is 10.6. The first-order valence-electron chi connectivity index (χ1n) is 8.34. The first kappa shape index (κ1) is 17.3. The van der Waals surface area contributed by atoms with E-state index in [1.165, 1.54) is 0 Å². The van der Waals surface area contributed by atoms with Gasteiger partial charge in [0, 0.05) is 17.8 Å². The van der Waals surface area contributed by atoms with Gasteiger partial charge in [0.15, 0.2) is 0 Å². The minimum absolute atomic E-state index is 0.0153. The number of rotatable bonds is 3. The highest BCUT2D eigenvalue weighted by Crippen LogP contribution is 2.49. The van der Waals surface area contributed by atoms with Gasteiger partial charge in [0.05, 0.1) is 28.2 Å². The summed E-state index contributed by atoms with van der Waals surface area (Å²) in [5.41, 5.74) is 1.85. The van der Waals surface area contributed by atoms with Crippen LogP contribution in [0.1, 0.15) is 30.0 Å². The van der Waals surface area contributed by atoms with Gasteiger partial charge < -0.3 is 10.1 Å². The average Bonchev–Trinajstić information content (AvgIpc) is 3.26. The van der Waals surface area contributed by atoms with Crippen molar-refractivity contribution in [1.29, 1.82) is 5.26 Å². The molecule has 4 rings (SSSR count). The lowest BCUT2D eigenvalue weighted by molar-refractivity contribution is -0.121. The van der Waals surface area contributed by atoms with Crippen molar-refractivity contribution in [2.45, 2.75) is 31.0 Å². The second-order valence-corrected chi connectivity index (χ2v) is 7.36. The zero-order valence-electron chi connectivity index (χ0n) is 13.7. The van der Waals surface area contributed by atoms with Gasteiger partial charge in [0.25, 0.3) is 0 Å². The molecule has 1 amide bonds. The van der Waals surface area contributed by atoms with Crippen molar-refractivity contribution >= 4 is 34.8 Å². The molecule has 2 saturated heterocycles. The van der Waals surface area contributed by atoms with Crippen molar-refractivity contribution in [2.75, 3.05) is 5.32 Å². The number of nitrogens with one attached hydrogen (secondary N) is 1. The molecular formula is C19H15Cl2N3O2. The average molecular weight is 388 g/mol. The molecule has 1 N–H and O–H groups in total. The Hall–Kier alpha value is -2.13. The zero-order valence-corrected chi connectivity index (χ0v) is 15.2. The van der Waals surface area contributed by atoms with Gasteiger partial charge in [-0.15, -0.1) is 0 Å². The molecular weight excluding hydrogens is 373 g/mol. The molecule has 2 aliphatic heterocycles. The number of aromatic nitrogens is 1. The minimum atomic E-state index is -0.322. The lowest BCUT2D eigenvalue weighted by Gasteiger charge is -2.27. The molecule has 2 aliphatic rings. The van der Waals surface area contributed by atoms with Crippen LogP contribution in [0.25, 0.3) is 0 Å². The molecule has 0 spiro atoms. The summed E-state index contributed by atoms with van der Waals surface area (Å²) >= 11 is 12.0. The predicted molar refractivity (Wildman–Crippen MR) is 98.2 cm³/mol. The first-order valence-corrected chi connectivity index (χ1v) is 9.10. The van der Waals surface area contributed by atoms with E-state index in [9.17, 15) is 4.79 Å². The van der Waals surface area contributed by atoms with Crippen LogP contribution in [0.15, 0.2) is 36.5 Å². The van der Waals surface area contributed by atoms with E-state index >= 15 is 0 Å². The van der Waals surface area contributed by atoms with Crippen LogP contribution in [0.3, 0.4) is 0 Å². The summed E-state index contributed by atoms with van der Waals surface area (Å²) in [7, 11) is 0. The van der Waals surface area contributed by atoms with Crippen LogP contribution in [0, 0.1) is 17.2 Å². The van der Waals surface area contributed by atoms with E-state index < -0.39 is 0 Å². The molecule has 26 heavy (non-hydrogen) atoms. The van der Waals surface area contributed by atoms with E-state index in [4.69, 9.17) is 33.2 Å². The van der Waals surface area contributed by atoms with Gasteiger partial charge in [-0.25, -0.2) is 4.98 Å². The van der Waals surface area contributed by atoms with Gasteiger partial charge in [-0.3, -0.25) is 4.79 Å². The molecule has 4 unspecified atom stereocenters. The molecule has 0 aliphatic carbocycles. The number of nitrogens with zero attached hydrogens (tertiary/aromatic N) is 2. The highest BCUT2D eigenvalue weighted by atomic mass is 35.5. The Morgan fingerprint density at radius 2 is 2.00 bits per heavy atom. The van der Waals surface area contributed by atoms with Crippen molar-refractivity contribution in [3.8, 4) is 6.07 Å². The maximum absolute atomic E-state index is 13.0. The summed E-state index contributed by atoms with van der Waals surface area (Å²) in [6.45, 7) is 0. The number of hydrogen-bond acceptors (Lipinski definition) is 4. The number of amides is 1. The summed E-state index contributed by atoms with van der Waals surface area (Å²) < 4.78 is 6.02. The first-order chi connectivity index (χ1) is 12.6. The largest absolute Gasteiger partial charge is 0.373 e. The number of hydrogen-bond donors (Lipinski definition) is 1. The van der Waals surface area contributed by atoms with Crippen LogP contribution in [0.2, 0.25) is 10.0 Å². The Kier molecular flexibility index (Phi) is 4.58. The molecule has 0 saturated carbocycles. The summed E-state index contributed by atoms with van der Waals surface area (Å²) in [5.74, 6) is -0.528. The van der Waals surface area contributed by atoms with Crippen LogP contribution < -0.4 is 5.32 Å². The number of nitriles is 1. The Balaban J connectivity index is 1.61. The number of carbonyl (C=O) groups is 1. The third-order valence-corrected chi connectivity index (χ3v) is 5.79. The zero-order chi connectivity index (χ0) is 18.3. The number of ether oxygens (including phenoxy) is 1. The van der Waals surface area contributed by atoms with Crippen LogP contribution in [0.4, 0.5) is 5.69 Å². The second kappa shape index (κ2) is 6.88. The van der Waals surface area contributed by atoms with Crippen LogP contribution >= 0.6 is 23.2 Å². The lowest BCUT2D eigenvalue weighted by Crippen LogP contribution is -2.36. The smallest absolute Gasteiger partial charge is 0.230 e.